The Morgan fingerprint density at radius 3 is 2.57 bits per heavy atom. The third kappa shape index (κ3) is 2.40. The lowest BCUT2D eigenvalue weighted by Gasteiger charge is -2.16. The van der Waals surface area contributed by atoms with Crippen molar-refractivity contribution in [3.05, 3.63) is 22.7 Å². The van der Waals surface area contributed by atoms with Gasteiger partial charge >= 0.3 is 5.97 Å². The molecule has 1 aromatic rings. The smallest absolute Gasteiger partial charge is 0.354 e. The van der Waals surface area contributed by atoms with Gasteiger partial charge in [-0.3, -0.25) is 0 Å². The second kappa shape index (κ2) is 3.51. The summed E-state index contributed by atoms with van der Waals surface area (Å²) in [4.78, 5) is 18.3. The molecular weight excluding hydrogens is 206 g/mol. The van der Waals surface area contributed by atoms with Crippen LogP contribution in [-0.4, -0.2) is 21.0 Å². The molecule has 0 unspecified atom stereocenters. The van der Waals surface area contributed by atoms with Crippen LogP contribution in [0.15, 0.2) is 6.07 Å². The van der Waals surface area contributed by atoms with E-state index < -0.39 is 11.5 Å². The first kappa shape index (κ1) is 10.9. The summed E-state index contributed by atoms with van der Waals surface area (Å²) in [7, 11) is 0. The summed E-state index contributed by atoms with van der Waals surface area (Å²) in [6.07, 6.45) is 0. The van der Waals surface area contributed by atoms with Crippen molar-refractivity contribution < 1.29 is 9.90 Å². The maximum absolute atomic E-state index is 10.6. The van der Waals surface area contributed by atoms with Crippen LogP contribution in [0.1, 0.15) is 30.2 Å². The quantitative estimate of drug-likeness (QED) is 0.719. The van der Waals surface area contributed by atoms with E-state index in [4.69, 9.17) is 22.4 Å². The van der Waals surface area contributed by atoms with Crippen LogP contribution < -0.4 is 5.73 Å². The van der Waals surface area contributed by atoms with Crippen LogP contribution in [0.3, 0.4) is 0 Å². The SMILES string of the molecule is CC(C)(N)c1nc(Cl)cc(C(=O)O)n1. The first-order valence-electron chi connectivity index (χ1n) is 3.88. The van der Waals surface area contributed by atoms with Gasteiger partial charge in [-0.2, -0.15) is 0 Å². The molecule has 0 saturated carbocycles. The number of hydrogen-bond acceptors (Lipinski definition) is 4. The van der Waals surface area contributed by atoms with Gasteiger partial charge in [0.15, 0.2) is 5.69 Å². The van der Waals surface area contributed by atoms with Crippen molar-refractivity contribution in [2.45, 2.75) is 19.4 Å². The minimum absolute atomic E-state index is 0.0749. The van der Waals surface area contributed by atoms with Crippen LogP contribution in [0.25, 0.3) is 0 Å². The van der Waals surface area contributed by atoms with Crippen molar-refractivity contribution in [2.24, 2.45) is 5.73 Å². The molecule has 3 N–H and O–H groups in total. The second-order valence-corrected chi connectivity index (χ2v) is 3.81. The fourth-order valence-electron chi connectivity index (χ4n) is 0.815. The van der Waals surface area contributed by atoms with Gasteiger partial charge in [0.1, 0.15) is 11.0 Å². The van der Waals surface area contributed by atoms with Crippen LogP contribution in [-0.2, 0) is 5.54 Å². The van der Waals surface area contributed by atoms with E-state index in [1.165, 1.54) is 6.07 Å². The normalized spacial score (nSPS) is 11.4. The first-order valence-corrected chi connectivity index (χ1v) is 4.26. The Balaban J connectivity index is 3.28. The lowest BCUT2D eigenvalue weighted by atomic mass is 10.1. The third-order valence-electron chi connectivity index (χ3n) is 1.49. The number of carbonyl (C=O) groups is 1. The highest BCUT2D eigenvalue weighted by Crippen LogP contribution is 2.15. The highest BCUT2D eigenvalue weighted by Gasteiger charge is 2.20. The van der Waals surface area contributed by atoms with E-state index in [2.05, 4.69) is 9.97 Å². The van der Waals surface area contributed by atoms with Gasteiger partial charge < -0.3 is 10.8 Å². The lowest BCUT2D eigenvalue weighted by Crippen LogP contribution is -2.32. The van der Waals surface area contributed by atoms with Crippen LogP contribution in [0.2, 0.25) is 5.15 Å². The van der Waals surface area contributed by atoms with Crippen LogP contribution in [0.4, 0.5) is 0 Å². The minimum Gasteiger partial charge on any atom is -0.477 e. The molecule has 1 rings (SSSR count). The number of carboxylic acids is 1. The topological polar surface area (TPSA) is 89.1 Å². The average molecular weight is 216 g/mol. The Morgan fingerprint density at radius 2 is 2.14 bits per heavy atom. The summed E-state index contributed by atoms with van der Waals surface area (Å²) in [5.41, 5.74) is 4.75. The van der Waals surface area contributed by atoms with E-state index in [9.17, 15) is 4.79 Å². The molecule has 0 amide bonds. The van der Waals surface area contributed by atoms with Crippen molar-refractivity contribution >= 4 is 17.6 Å². The molecule has 0 aliphatic rings. The van der Waals surface area contributed by atoms with Crippen molar-refractivity contribution in [3.8, 4) is 0 Å². The van der Waals surface area contributed by atoms with Crippen molar-refractivity contribution in [1.29, 1.82) is 0 Å². The molecule has 0 atom stereocenters. The Kier molecular flexibility index (Phi) is 2.73. The molecule has 5 nitrogen and oxygen atoms in total. The summed E-state index contributed by atoms with van der Waals surface area (Å²) in [6.45, 7) is 3.34. The van der Waals surface area contributed by atoms with E-state index in [-0.39, 0.29) is 16.7 Å². The van der Waals surface area contributed by atoms with Gasteiger partial charge in [-0.05, 0) is 13.8 Å². The Morgan fingerprint density at radius 1 is 1.57 bits per heavy atom. The average Bonchev–Trinajstić information content (AvgIpc) is 2.01. The number of carboxylic acid groups (broad SMARTS) is 1. The largest absolute Gasteiger partial charge is 0.477 e. The van der Waals surface area contributed by atoms with Gasteiger partial charge in [-0.15, -0.1) is 0 Å². The molecule has 1 heterocycles. The van der Waals surface area contributed by atoms with Gasteiger partial charge in [0.25, 0.3) is 0 Å². The predicted molar refractivity (Wildman–Crippen MR) is 51.2 cm³/mol. The fraction of sp³-hybridized carbons (Fsp3) is 0.375. The monoisotopic (exact) mass is 215 g/mol. The molecule has 76 valence electrons. The molecule has 14 heavy (non-hydrogen) atoms. The summed E-state index contributed by atoms with van der Waals surface area (Å²) in [5.74, 6) is -0.942. The number of aromatic nitrogens is 2. The van der Waals surface area contributed by atoms with Gasteiger partial charge in [0, 0.05) is 6.07 Å². The van der Waals surface area contributed by atoms with Gasteiger partial charge in [0.05, 0.1) is 5.54 Å². The zero-order valence-electron chi connectivity index (χ0n) is 7.78. The summed E-state index contributed by atoms with van der Waals surface area (Å²) in [6, 6.07) is 1.18. The molecular formula is C8H10ClN3O2. The zero-order chi connectivity index (χ0) is 10.9. The van der Waals surface area contributed by atoms with E-state index in [0.717, 1.165) is 0 Å². The second-order valence-electron chi connectivity index (χ2n) is 3.43. The molecule has 0 saturated heterocycles. The predicted octanol–water partition coefficient (Wildman–Crippen LogP) is 1.02. The molecule has 0 aromatic carbocycles. The number of nitrogens with zero attached hydrogens (tertiary/aromatic N) is 2. The van der Waals surface area contributed by atoms with Crippen LogP contribution in [0, 0.1) is 0 Å². The molecule has 0 spiro atoms. The highest BCUT2D eigenvalue weighted by molar-refractivity contribution is 6.29. The summed E-state index contributed by atoms with van der Waals surface area (Å²) < 4.78 is 0. The Labute approximate surface area is 85.9 Å². The molecule has 0 radical (unpaired) electrons. The van der Waals surface area contributed by atoms with Crippen LogP contribution in [0.5, 0.6) is 0 Å². The number of rotatable bonds is 2. The molecule has 1 aromatic heterocycles. The number of halogens is 1. The molecule has 0 aliphatic heterocycles. The van der Waals surface area contributed by atoms with Crippen molar-refractivity contribution in [2.75, 3.05) is 0 Å². The molecule has 6 heteroatoms. The van der Waals surface area contributed by atoms with Gasteiger partial charge in [-0.25, -0.2) is 14.8 Å². The Bertz CT molecular complexity index is 373. The van der Waals surface area contributed by atoms with Gasteiger partial charge in [-0.1, -0.05) is 11.6 Å². The van der Waals surface area contributed by atoms with Crippen molar-refractivity contribution in [3.63, 3.8) is 0 Å². The third-order valence-corrected chi connectivity index (χ3v) is 1.68. The maximum Gasteiger partial charge on any atom is 0.354 e. The fourth-order valence-corrected chi connectivity index (χ4v) is 0.999. The van der Waals surface area contributed by atoms with Gasteiger partial charge in [0.2, 0.25) is 0 Å². The highest BCUT2D eigenvalue weighted by atomic mass is 35.5. The molecule has 0 bridgehead atoms. The first-order chi connectivity index (χ1) is 6.30. The van der Waals surface area contributed by atoms with E-state index in [0.29, 0.717) is 0 Å². The summed E-state index contributed by atoms with van der Waals surface area (Å²) in [5, 5.41) is 8.78. The standard InChI is InChI=1S/C8H10ClN3O2/c1-8(2,10)7-11-4(6(13)14)3-5(9)12-7/h3H,10H2,1-2H3,(H,13,14). The number of aromatic carboxylic acids is 1. The molecule has 0 fully saturated rings. The maximum atomic E-state index is 10.6. The van der Waals surface area contributed by atoms with Crippen LogP contribution >= 0.6 is 11.6 Å². The zero-order valence-corrected chi connectivity index (χ0v) is 8.54. The lowest BCUT2D eigenvalue weighted by molar-refractivity contribution is 0.0689. The molecule has 0 aliphatic carbocycles. The van der Waals surface area contributed by atoms with E-state index >= 15 is 0 Å². The van der Waals surface area contributed by atoms with Crippen molar-refractivity contribution in [1.82, 2.24) is 9.97 Å². The number of hydrogen-bond donors (Lipinski definition) is 2. The minimum atomic E-state index is -1.15. The number of nitrogens with two attached hydrogens (primary N) is 1. The van der Waals surface area contributed by atoms with E-state index in [1.807, 2.05) is 0 Å². The Hall–Kier alpha value is -1.20. The summed E-state index contributed by atoms with van der Waals surface area (Å²) >= 11 is 5.63. The van der Waals surface area contributed by atoms with E-state index in [1.54, 1.807) is 13.8 Å².